The van der Waals surface area contributed by atoms with Crippen molar-refractivity contribution in [3.05, 3.63) is 212 Å². The number of benzene rings is 9. The molecule has 0 spiro atoms. The summed E-state index contributed by atoms with van der Waals surface area (Å²) in [5.74, 6) is 0. The van der Waals surface area contributed by atoms with Gasteiger partial charge in [-0.3, -0.25) is 0 Å². The zero-order valence-corrected chi connectivity index (χ0v) is 28.2. The third-order valence-corrected chi connectivity index (χ3v) is 9.83. The summed E-state index contributed by atoms with van der Waals surface area (Å²) in [4.78, 5) is 2.44. The second kappa shape index (κ2) is 13.3. The molecule has 0 aliphatic carbocycles. The molecule has 9 rings (SSSR count). The zero-order valence-electron chi connectivity index (χ0n) is 28.2. The van der Waals surface area contributed by atoms with Gasteiger partial charge in [0.15, 0.2) is 0 Å². The van der Waals surface area contributed by atoms with Crippen LogP contribution in [-0.4, -0.2) is 0 Å². The maximum Gasteiger partial charge on any atom is 0.0546 e. The van der Waals surface area contributed by atoms with Crippen molar-refractivity contribution in [2.24, 2.45) is 0 Å². The molecule has 1 nitrogen and oxygen atoms in total. The average Bonchev–Trinajstić information content (AvgIpc) is 3.21. The number of hydrogen-bond donors (Lipinski definition) is 0. The van der Waals surface area contributed by atoms with Crippen LogP contribution in [0.3, 0.4) is 0 Å². The van der Waals surface area contributed by atoms with E-state index in [2.05, 4.69) is 217 Å². The molecule has 240 valence electrons. The van der Waals surface area contributed by atoms with Crippen molar-refractivity contribution >= 4 is 38.6 Å². The van der Waals surface area contributed by atoms with Gasteiger partial charge in [0.25, 0.3) is 0 Å². The van der Waals surface area contributed by atoms with Gasteiger partial charge in [-0.2, -0.15) is 0 Å². The molecular formula is C50H35N. The van der Waals surface area contributed by atoms with Crippen molar-refractivity contribution < 1.29 is 0 Å². The van der Waals surface area contributed by atoms with Gasteiger partial charge in [0.1, 0.15) is 0 Å². The Morgan fingerprint density at radius 2 is 0.745 bits per heavy atom. The van der Waals surface area contributed by atoms with Crippen LogP contribution >= 0.6 is 0 Å². The summed E-state index contributed by atoms with van der Waals surface area (Å²) < 4.78 is 0. The molecular weight excluding hydrogens is 615 g/mol. The maximum atomic E-state index is 2.44. The fraction of sp³-hybridized carbons (Fsp3) is 0. The molecule has 0 heterocycles. The first-order valence-corrected chi connectivity index (χ1v) is 17.5. The van der Waals surface area contributed by atoms with Gasteiger partial charge < -0.3 is 4.90 Å². The molecule has 0 aliphatic rings. The van der Waals surface area contributed by atoms with Crippen molar-refractivity contribution in [1.82, 2.24) is 0 Å². The summed E-state index contributed by atoms with van der Waals surface area (Å²) in [5, 5.41) is 4.91. The van der Waals surface area contributed by atoms with Crippen LogP contribution in [0.25, 0.3) is 66.1 Å². The molecule has 0 aliphatic heterocycles. The average molecular weight is 650 g/mol. The zero-order chi connectivity index (χ0) is 34.0. The lowest BCUT2D eigenvalue weighted by Gasteiger charge is -2.30. The molecule has 0 amide bonds. The SMILES string of the molecule is c1ccc(-c2ccccc2-c2c(-c3ccccc3)cccc2N(c2cccc(-c3ccc4ccccc4c3)c2)c2ccc3ccccc3c2)cc1. The second-order valence-electron chi connectivity index (χ2n) is 13.0. The van der Waals surface area contributed by atoms with Gasteiger partial charge in [-0.1, -0.05) is 176 Å². The van der Waals surface area contributed by atoms with Crippen LogP contribution in [0.4, 0.5) is 17.1 Å². The second-order valence-corrected chi connectivity index (χ2v) is 13.0. The quantitative estimate of drug-likeness (QED) is 0.166. The van der Waals surface area contributed by atoms with E-state index in [1.165, 1.54) is 66.1 Å². The van der Waals surface area contributed by atoms with Crippen LogP contribution in [0.1, 0.15) is 0 Å². The van der Waals surface area contributed by atoms with Crippen LogP contribution in [0.15, 0.2) is 212 Å². The predicted molar refractivity (Wildman–Crippen MR) is 218 cm³/mol. The van der Waals surface area contributed by atoms with Crippen LogP contribution in [0, 0.1) is 0 Å². The van der Waals surface area contributed by atoms with Gasteiger partial charge in [0, 0.05) is 16.9 Å². The van der Waals surface area contributed by atoms with E-state index in [0.717, 1.165) is 17.1 Å². The third-order valence-electron chi connectivity index (χ3n) is 9.83. The van der Waals surface area contributed by atoms with E-state index in [-0.39, 0.29) is 0 Å². The van der Waals surface area contributed by atoms with Crippen molar-refractivity contribution in [1.29, 1.82) is 0 Å². The number of fused-ring (bicyclic) bond motifs is 2. The fourth-order valence-electron chi connectivity index (χ4n) is 7.37. The van der Waals surface area contributed by atoms with E-state index >= 15 is 0 Å². The molecule has 0 N–H and O–H groups in total. The molecule has 9 aromatic carbocycles. The van der Waals surface area contributed by atoms with E-state index in [0.29, 0.717) is 0 Å². The summed E-state index contributed by atoms with van der Waals surface area (Å²) >= 11 is 0. The Bertz CT molecular complexity index is 2640. The van der Waals surface area contributed by atoms with Gasteiger partial charge in [-0.25, -0.2) is 0 Å². The summed E-state index contributed by atoms with van der Waals surface area (Å²) in [6.07, 6.45) is 0. The number of nitrogens with zero attached hydrogens (tertiary/aromatic N) is 1. The topological polar surface area (TPSA) is 3.24 Å². The minimum absolute atomic E-state index is 1.10. The van der Waals surface area contributed by atoms with E-state index in [1.807, 2.05) is 0 Å². The lowest BCUT2D eigenvalue weighted by molar-refractivity contribution is 1.29. The van der Waals surface area contributed by atoms with Gasteiger partial charge in [-0.15, -0.1) is 0 Å². The lowest BCUT2D eigenvalue weighted by atomic mass is 9.87. The molecule has 0 fully saturated rings. The fourth-order valence-corrected chi connectivity index (χ4v) is 7.37. The van der Waals surface area contributed by atoms with E-state index in [4.69, 9.17) is 0 Å². The molecule has 0 aromatic heterocycles. The Kier molecular flexibility index (Phi) is 7.92. The van der Waals surface area contributed by atoms with Crippen LogP contribution in [0.2, 0.25) is 0 Å². The highest BCUT2D eigenvalue weighted by atomic mass is 15.1. The normalized spacial score (nSPS) is 11.1. The van der Waals surface area contributed by atoms with Crippen molar-refractivity contribution in [3.8, 4) is 44.5 Å². The van der Waals surface area contributed by atoms with Gasteiger partial charge in [-0.05, 0) is 96.9 Å². The molecule has 1 heteroatoms. The van der Waals surface area contributed by atoms with E-state index in [9.17, 15) is 0 Å². The van der Waals surface area contributed by atoms with Crippen molar-refractivity contribution in [2.75, 3.05) is 4.90 Å². The Labute approximate surface area is 299 Å². The summed E-state index contributed by atoms with van der Waals surface area (Å²) in [5.41, 5.74) is 12.8. The van der Waals surface area contributed by atoms with Crippen molar-refractivity contribution in [2.45, 2.75) is 0 Å². The first-order valence-electron chi connectivity index (χ1n) is 17.5. The molecule has 0 unspecified atom stereocenters. The molecule has 51 heavy (non-hydrogen) atoms. The van der Waals surface area contributed by atoms with Gasteiger partial charge in [0.05, 0.1) is 5.69 Å². The summed E-state index contributed by atoms with van der Waals surface area (Å²) in [7, 11) is 0. The minimum Gasteiger partial charge on any atom is -0.310 e. The Hall–Kier alpha value is -6.70. The van der Waals surface area contributed by atoms with E-state index in [1.54, 1.807) is 0 Å². The summed E-state index contributed by atoms with van der Waals surface area (Å²) in [6, 6.07) is 76.8. The first kappa shape index (κ1) is 30.4. The monoisotopic (exact) mass is 649 g/mol. The maximum absolute atomic E-state index is 2.44. The lowest BCUT2D eigenvalue weighted by Crippen LogP contribution is -2.12. The van der Waals surface area contributed by atoms with Crippen LogP contribution in [0.5, 0.6) is 0 Å². The number of rotatable bonds is 7. The molecule has 0 radical (unpaired) electrons. The highest BCUT2D eigenvalue weighted by Crippen LogP contribution is 2.48. The third kappa shape index (κ3) is 5.86. The molecule has 0 saturated heterocycles. The molecule has 0 bridgehead atoms. The highest BCUT2D eigenvalue weighted by molar-refractivity contribution is 6.02. The number of hydrogen-bond acceptors (Lipinski definition) is 1. The standard InChI is InChI=1S/C50H35N/c1-3-17-38(18-4-1)46-25-11-12-26-48(46)50-47(39-19-5-2-6-20-39)27-14-28-49(50)51(45-32-31-37-16-8-10-22-41(37)34-45)44-24-13-23-42(35-44)43-30-29-36-15-7-9-21-40(36)33-43/h1-35H. The van der Waals surface area contributed by atoms with E-state index < -0.39 is 0 Å². The van der Waals surface area contributed by atoms with Gasteiger partial charge >= 0.3 is 0 Å². The predicted octanol–water partition coefficient (Wildman–Crippen LogP) is 14.1. The molecule has 0 saturated carbocycles. The minimum atomic E-state index is 1.10. The Morgan fingerprint density at radius 1 is 0.255 bits per heavy atom. The number of anilines is 3. The Morgan fingerprint density at radius 3 is 1.47 bits per heavy atom. The van der Waals surface area contributed by atoms with Crippen LogP contribution in [-0.2, 0) is 0 Å². The highest BCUT2D eigenvalue weighted by Gasteiger charge is 2.23. The van der Waals surface area contributed by atoms with Crippen molar-refractivity contribution in [3.63, 3.8) is 0 Å². The Balaban J connectivity index is 1.32. The molecule has 9 aromatic rings. The van der Waals surface area contributed by atoms with Crippen LogP contribution < -0.4 is 4.90 Å². The first-order chi connectivity index (χ1) is 25.3. The molecule has 0 atom stereocenters. The summed E-state index contributed by atoms with van der Waals surface area (Å²) in [6.45, 7) is 0. The van der Waals surface area contributed by atoms with Gasteiger partial charge in [0.2, 0.25) is 0 Å². The largest absolute Gasteiger partial charge is 0.310 e. The smallest absolute Gasteiger partial charge is 0.0546 e.